The Hall–Kier alpha value is -2.82. The van der Waals surface area contributed by atoms with Crippen LogP contribution < -0.4 is 15.5 Å². The van der Waals surface area contributed by atoms with Gasteiger partial charge in [0.15, 0.2) is 0 Å². The van der Waals surface area contributed by atoms with Crippen LogP contribution in [0.25, 0.3) is 0 Å². The minimum atomic E-state index is -0.197. The normalized spacial score (nSPS) is 10.9. The van der Waals surface area contributed by atoms with Gasteiger partial charge < -0.3 is 10.1 Å². The quantitative estimate of drug-likeness (QED) is 0.636. The molecule has 1 amide bonds. The molecule has 2 aromatic rings. The second-order valence-electron chi connectivity index (χ2n) is 4.68. The van der Waals surface area contributed by atoms with Crippen molar-refractivity contribution in [3.05, 3.63) is 60.2 Å². The predicted molar refractivity (Wildman–Crippen MR) is 88.3 cm³/mol. The number of carbonyl (C=O) groups excluding carboxylic acids is 1. The molecule has 2 rings (SSSR count). The third kappa shape index (κ3) is 4.63. The highest BCUT2D eigenvalue weighted by atomic mass is 16.5. The molecule has 0 atom stereocenters. The fourth-order valence-corrected chi connectivity index (χ4v) is 1.82. The first-order chi connectivity index (χ1) is 10.7. The largest absolute Gasteiger partial charge is 0.497 e. The number of nitrogens with one attached hydrogen (secondary N) is 2. The summed E-state index contributed by atoms with van der Waals surface area (Å²) in [4.78, 5) is 11.8. The molecule has 0 aliphatic heterocycles. The number of para-hydroxylation sites is 1. The zero-order valence-corrected chi connectivity index (χ0v) is 12.7. The van der Waals surface area contributed by atoms with E-state index in [2.05, 4.69) is 15.8 Å². The summed E-state index contributed by atoms with van der Waals surface area (Å²) >= 11 is 0. The Labute approximate surface area is 130 Å². The lowest BCUT2D eigenvalue weighted by molar-refractivity contribution is -0.119. The van der Waals surface area contributed by atoms with Crippen LogP contribution >= 0.6 is 0 Å². The van der Waals surface area contributed by atoms with Crippen LogP contribution in [0.1, 0.15) is 12.5 Å². The molecule has 2 aromatic carbocycles. The first kappa shape index (κ1) is 15.6. The average molecular weight is 297 g/mol. The molecule has 5 nitrogen and oxygen atoms in total. The molecule has 0 saturated heterocycles. The van der Waals surface area contributed by atoms with E-state index in [9.17, 15) is 4.79 Å². The molecular weight excluding hydrogens is 278 g/mol. The van der Waals surface area contributed by atoms with Crippen LogP contribution in [0.2, 0.25) is 0 Å². The van der Waals surface area contributed by atoms with Crippen molar-refractivity contribution >= 4 is 17.3 Å². The van der Waals surface area contributed by atoms with Crippen LogP contribution in [0.5, 0.6) is 5.75 Å². The summed E-state index contributed by atoms with van der Waals surface area (Å²) in [6, 6.07) is 17.0. The van der Waals surface area contributed by atoms with E-state index in [0.29, 0.717) is 0 Å². The van der Waals surface area contributed by atoms with Crippen molar-refractivity contribution in [1.29, 1.82) is 0 Å². The minimum Gasteiger partial charge on any atom is -0.497 e. The number of anilines is 1. The number of benzene rings is 2. The van der Waals surface area contributed by atoms with Gasteiger partial charge in [-0.2, -0.15) is 5.10 Å². The highest BCUT2D eigenvalue weighted by Gasteiger charge is 2.02. The second kappa shape index (κ2) is 7.83. The van der Waals surface area contributed by atoms with Gasteiger partial charge in [0.1, 0.15) is 5.75 Å². The second-order valence-corrected chi connectivity index (χ2v) is 4.68. The average Bonchev–Trinajstić information content (AvgIpc) is 2.58. The number of rotatable bonds is 6. The Balaban J connectivity index is 1.85. The molecule has 0 saturated carbocycles. The van der Waals surface area contributed by atoms with Crippen molar-refractivity contribution < 1.29 is 9.53 Å². The van der Waals surface area contributed by atoms with E-state index >= 15 is 0 Å². The van der Waals surface area contributed by atoms with Gasteiger partial charge >= 0.3 is 0 Å². The van der Waals surface area contributed by atoms with E-state index in [1.165, 1.54) is 0 Å². The van der Waals surface area contributed by atoms with Gasteiger partial charge in [-0.3, -0.25) is 4.79 Å². The lowest BCUT2D eigenvalue weighted by Gasteiger charge is -2.06. The maximum Gasteiger partial charge on any atom is 0.259 e. The molecule has 0 fully saturated rings. The van der Waals surface area contributed by atoms with E-state index in [4.69, 9.17) is 4.74 Å². The predicted octanol–water partition coefficient (Wildman–Crippen LogP) is 2.65. The summed E-state index contributed by atoms with van der Waals surface area (Å²) in [5, 5.41) is 7.12. The highest BCUT2D eigenvalue weighted by Crippen LogP contribution is 2.11. The smallest absolute Gasteiger partial charge is 0.259 e. The molecule has 0 spiro atoms. The monoisotopic (exact) mass is 297 g/mol. The number of carbonyl (C=O) groups is 1. The Bertz CT molecular complexity index is 637. The highest BCUT2D eigenvalue weighted by molar-refractivity contribution is 5.99. The van der Waals surface area contributed by atoms with Crippen LogP contribution in [0.15, 0.2) is 59.7 Å². The molecule has 0 aromatic heterocycles. The molecule has 0 aliphatic carbocycles. The van der Waals surface area contributed by atoms with Crippen molar-refractivity contribution in [2.45, 2.75) is 6.92 Å². The molecule has 114 valence electrons. The van der Waals surface area contributed by atoms with Gasteiger partial charge in [0.25, 0.3) is 5.91 Å². The Morgan fingerprint density at radius 3 is 2.41 bits per heavy atom. The number of hydrogen-bond acceptors (Lipinski definition) is 4. The van der Waals surface area contributed by atoms with Gasteiger partial charge in [-0.05, 0) is 48.9 Å². The number of hydrogen-bond donors (Lipinski definition) is 2. The van der Waals surface area contributed by atoms with E-state index in [-0.39, 0.29) is 12.5 Å². The van der Waals surface area contributed by atoms with E-state index in [1.54, 1.807) is 7.11 Å². The zero-order valence-electron chi connectivity index (χ0n) is 12.7. The molecule has 0 heterocycles. The topological polar surface area (TPSA) is 62.7 Å². The maximum absolute atomic E-state index is 11.8. The molecular formula is C17H19N3O2. The van der Waals surface area contributed by atoms with Crippen LogP contribution in [0.3, 0.4) is 0 Å². The number of hydrazone groups is 1. The van der Waals surface area contributed by atoms with E-state index in [0.717, 1.165) is 22.7 Å². The molecule has 0 bridgehead atoms. The Kier molecular flexibility index (Phi) is 5.54. The summed E-state index contributed by atoms with van der Waals surface area (Å²) in [5.74, 6) is 0.587. The summed E-state index contributed by atoms with van der Waals surface area (Å²) in [6.07, 6.45) is 0. The summed E-state index contributed by atoms with van der Waals surface area (Å²) < 4.78 is 5.10. The van der Waals surface area contributed by atoms with Gasteiger partial charge in [-0.25, -0.2) is 5.43 Å². The lowest BCUT2D eigenvalue weighted by atomic mass is 10.1. The Morgan fingerprint density at radius 1 is 1.09 bits per heavy atom. The SMILES string of the molecule is COc1ccc(/C(C)=N\NC(=O)CNc2ccccc2)cc1. The number of ether oxygens (including phenoxy) is 1. The molecule has 5 heteroatoms. The molecule has 2 N–H and O–H groups in total. The number of methoxy groups -OCH3 is 1. The van der Waals surface area contributed by atoms with E-state index in [1.807, 2.05) is 61.5 Å². The van der Waals surface area contributed by atoms with Crippen molar-refractivity contribution in [3.8, 4) is 5.75 Å². The van der Waals surface area contributed by atoms with Crippen molar-refractivity contribution in [2.75, 3.05) is 19.0 Å². The van der Waals surface area contributed by atoms with Gasteiger partial charge in [-0.1, -0.05) is 18.2 Å². The maximum atomic E-state index is 11.8. The van der Waals surface area contributed by atoms with Gasteiger partial charge in [-0.15, -0.1) is 0 Å². The first-order valence-electron chi connectivity index (χ1n) is 6.95. The summed E-state index contributed by atoms with van der Waals surface area (Å²) in [5.41, 5.74) is 5.09. The zero-order chi connectivity index (χ0) is 15.8. The van der Waals surface area contributed by atoms with Gasteiger partial charge in [0.05, 0.1) is 19.4 Å². The lowest BCUT2D eigenvalue weighted by Crippen LogP contribution is -2.26. The molecule has 0 aliphatic rings. The van der Waals surface area contributed by atoms with Crippen LogP contribution in [0.4, 0.5) is 5.69 Å². The number of amides is 1. The minimum absolute atomic E-state index is 0.170. The number of nitrogens with zero attached hydrogens (tertiary/aromatic N) is 1. The standard InChI is InChI=1S/C17H19N3O2/c1-13(14-8-10-16(22-2)11-9-14)19-20-17(21)12-18-15-6-4-3-5-7-15/h3-11,18H,12H2,1-2H3,(H,20,21)/b19-13-. The third-order valence-corrected chi connectivity index (χ3v) is 3.08. The van der Waals surface area contributed by atoms with Crippen LogP contribution in [0, 0.1) is 0 Å². The van der Waals surface area contributed by atoms with Crippen molar-refractivity contribution in [3.63, 3.8) is 0 Å². The molecule has 0 unspecified atom stereocenters. The van der Waals surface area contributed by atoms with Gasteiger partial charge in [0, 0.05) is 5.69 Å². The van der Waals surface area contributed by atoms with E-state index < -0.39 is 0 Å². The summed E-state index contributed by atoms with van der Waals surface area (Å²) in [6.45, 7) is 2.01. The van der Waals surface area contributed by atoms with Crippen LogP contribution in [-0.2, 0) is 4.79 Å². The molecule has 22 heavy (non-hydrogen) atoms. The fraction of sp³-hybridized carbons (Fsp3) is 0.176. The third-order valence-electron chi connectivity index (χ3n) is 3.08. The Morgan fingerprint density at radius 2 is 1.77 bits per heavy atom. The summed E-state index contributed by atoms with van der Waals surface area (Å²) in [7, 11) is 1.62. The van der Waals surface area contributed by atoms with Crippen molar-refractivity contribution in [2.24, 2.45) is 5.10 Å². The fourth-order valence-electron chi connectivity index (χ4n) is 1.82. The molecule has 0 radical (unpaired) electrons. The van der Waals surface area contributed by atoms with Crippen LogP contribution in [-0.4, -0.2) is 25.3 Å². The van der Waals surface area contributed by atoms with Gasteiger partial charge in [0.2, 0.25) is 0 Å². The van der Waals surface area contributed by atoms with Crippen molar-refractivity contribution in [1.82, 2.24) is 5.43 Å². The first-order valence-corrected chi connectivity index (χ1v) is 6.95.